The van der Waals surface area contributed by atoms with E-state index in [2.05, 4.69) is 59.1 Å². The van der Waals surface area contributed by atoms with Crippen LogP contribution in [0.2, 0.25) is 0 Å². The molecule has 0 radical (unpaired) electrons. The average Bonchev–Trinajstić information content (AvgIpc) is 2.57. The van der Waals surface area contributed by atoms with Gasteiger partial charge in [-0.15, -0.1) is 0 Å². The minimum atomic E-state index is -0.541. The van der Waals surface area contributed by atoms with Gasteiger partial charge in [0, 0.05) is 13.6 Å². The van der Waals surface area contributed by atoms with Crippen LogP contribution in [0.3, 0.4) is 0 Å². The molecule has 25 heavy (non-hydrogen) atoms. The van der Waals surface area contributed by atoms with E-state index in [0.29, 0.717) is 11.4 Å². The maximum atomic E-state index is 9.30. The second-order valence-electron chi connectivity index (χ2n) is 5.08. The molecular formula is C15H10BrIN8. The smallest absolute Gasteiger partial charge is 0.211 e. The summed E-state index contributed by atoms with van der Waals surface area (Å²) in [4.78, 5) is 8.71. The summed E-state index contributed by atoms with van der Waals surface area (Å²) in [5.41, 5.74) is 13.7. The molecule has 1 aromatic carbocycles. The van der Waals surface area contributed by atoms with Gasteiger partial charge in [-0.25, -0.2) is 9.98 Å². The molecule has 0 spiro atoms. The number of aliphatic imine (C=N–C) groups is 1. The molecule has 0 aliphatic carbocycles. The van der Waals surface area contributed by atoms with E-state index in [1.165, 1.54) is 0 Å². The Morgan fingerprint density at radius 2 is 2.08 bits per heavy atom. The van der Waals surface area contributed by atoms with Crippen molar-refractivity contribution in [2.75, 3.05) is 16.8 Å². The summed E-state index contributed by atoms with van der Waals surface area (Å²) < 4.78 is 1.94. The summed E-state index contributed by atoms with van der Waals surface area (Å²) in [6.07, 6.45) is 1.82. The summed E-state index contributed by atoms with van der Waals surface area (Å²) in [5, 5.41) is 23.5. The van der Waals surface area contributed by atoms with Crippen LogP contribution in [0.5, 0.6) is 0 Å². The molecule has 3 rings (SSSR count). The molecule has 0 fully saturated rings. The molecule has 1 unspecified atom stereocenters. The molecule has 0 saturated heterocycles. The molecule has 0 saturated carbocycles. The number of aromatic nitrogens is 1. The maximum Gasteiger partial charge on any atom is 0.211 e. The SMILES string of the molecule is N#CNC1=NC(c2ccc(I)c(Br)c2)c2c(nc(N)c(C#N)c2N)N1. The lowest BCUT2D eigenvalue weighted by Crippen LogP contribution is -2.32. The monoisotopic (exact) mass is 508 g/mol. The van der Waals surface area contributed by atoms with E-state index in [0.717, 1.165) is 13.6 Å². The first kappa shape index (κ1) is 17.3. The van der Waals surface area contributed by atoms with E-state index in [1.54, 1.807) is 0 Å². The highest BCUT2D eigenvalue weighted by Crippen LogP contribution is 2.41. The number of hydrogen-bond donors (Lipinski definition) is 4. The molecule has 6 N–H and O–H groups in total. The van der Waals surface area contributed by atoms with Gasteiger partial charge in [0.15, 0.2) is 6.19 Å². The Kier molecular flexibility index (Phi) is 4.65. The van der Waals surface area contributed by atoms with Crippen molar-refractivity contribution in [3.8, 4) is 12.3 Å². The summed E-state index contributed by atoms with van der Waals surface area (Å²) in [7, 11) is 0. The second kappa shape index (κ2) is 6.74. The van der Waals surface area contributed by atoms with E-state index < -0.39 is 6.04 Å². The Morgan fingerprint density at radius 3 is 2.72 bits per heavy atom. The number of nitriles is 2. The predicted octanol–water partition coefficient (Wildman–Crippen LogP) is 2.43. The van der Waals surface area contributed by atoms with Gasteiger partial charge in [0.2, 0.25) is 5.96 Å². The lowest BCUT2D eigenvalue weighted by atomic mass is 9.95. The Labute approximate surface area is 165 Å². The quantitative estimate of drug-likeness (QED) is 0.262. The Balaban J connectivity index is 2.25. The van der Waals surface area contributed by atoms with Crippen LogP contribution in [-0.4, -0.2) is 10.9 Å². The standard InChI is InChI=1S/C15H10BrIN8/c16-8-3-6(1-2-9(8)17)12-10-11(20)7(4-18)13(21)24-14(10)25-15(23-12)22-5-19/h1-3,12H,(H6,20,21,22,23,24,25). The molecule has 8 nitrogen and oxygen atoms in total. The number of nitrogens with one attached hydrogen (secondary N) is 2. The number of hydrogen-bond acceptors (Lipinski definition) is 8. The van der Waals surface area contributed by atoms with Crippen molar-refractivity contribution >= 4 is 61.8 Å². The van der Waals surface area contributed by atoms with Gasteiger partial charge in [-0.05, 0) is 56.2 Å². The van der Waals surface area contributed by atoms with E-state index in [4.69, 9.17) is 16.7 Å². The molecule has 0 amide bonds. The number of fused-ring (bicyclic) bond motifs is 1. The fraction of sp³-hybridized carbons (Fsp3) is 0.0667. The Bertz CT molecular complexity index is 988. The Morgan fingerprint density at radius 1 is 1.32 bits per heavy atom. The lowest BCUT2D eigenvalue weighted by molar-refractivity contribution is 0.845. The number of pyridine rings is 1. The summed E-state index contributed by atoms with van der Waals surface area (Å²) in [6, 6.07) is 7.18. The van der Waals surface area contributed by atoms with E-state index in [1.807, 2.05) is 30.5 Å². The fourth-order valence-electron chi connectivity index (χ4n) is 2.50. The molecule has 1 aromatic heterocycles. The maximum absolute atomic E-state index is 9.30. The number of nitrogens with two attached hydrogens (primary N) is 2. The van der Waals surface area contributed by atoms with Crippen LogP contribution < -0.4 is 22.1 Å². The third kappa shape index (κ3) is 3.06. The number of benzene rings is 1. The zero-order chi connectivity index (χ0) is 18.1. The van der Waals surface area contributed by atoms with Crippen LogP contribution in [0.25, 0.3) is 0 Å². The number of rotatable bonds is 1. The first-order valence-electron chi connectivity index (χ1n) is 6.90. The van der Waals surface area contributed by atoms with Crippen LogP contribution >= 0.6 is 38.5 Å². The van der Waals surface area contributed by atoms with Crippen LogP contribution in [0.15, 0.2) is 27.7 Å². The van der Waals surface area contributed by atoms with Gasteiger partial charge in [-0.1, -0.05) is 6.07 Å². The van der Waals surface area contributed by atoms with Crippen molar-refractivity contribution in [2.45, 2.75) is 6.04 Å². The van der Waals surface area contributed by atoms with Gasteiger partial charge < -0.3 is 16.8 Å². The summed E-state index contributed by atoms with van der Waals surface area (Å²) in [5.74, 6) is 0.610. The van der Waals surface area contributed by atoms with Crippen molar-refractivity contribution < 1.29 is 0 Å². The van der Waals surface area contributed by atoms with Gasteiger partial charge in [0.05, 0.1) is 5.69 Å². The highest BCUT2D eigenvalue weighted by Gasteiger charge is 2.29. The van der Waals surface area contributed by atoms with Crippen molar-refractivity contribution in [3.63, 3.8) is 0 Å². The van der Waals surface area contributed by atoms with E-state index >= 15 is 0 Å². The summed E-state index contributed by atoms with van der Waals surface area (Å²) >= 11 is 5.70. The van der Waals surface area contributed by atoms with Crippen LogP contribution in [0.4, 0.5) is 17.3 Å². The molecule has 124 valence electrons. The van der Waals surface area contributed by atoms with Crippen molar-refractivity contribution in [2.24, 2.45) is 4.99 Å². The van der Waals surface area contributed by atoms with Crippen LogP contribution in [0.1, 0.15) is 22.7 Å². The van der Waals surface area contributed by atoms with Crippen LogP contribution in [-0.2, 0) is 0 Å². The molecular weight excluding hydrogens is 499 g/mol. The number of halogens is 2. The zero-order valence-electron chi connectivity index (χ0n) is 12.5. The molecule has 0 bridgehead atoms. The zero-order valence-corrected chi connectivity index (χ0v) is 16.3. The summed E-state index contributed by atoms with van der Waals surface area (Å²) in [6.45, 7) is 0. The topological polar surface area (TPSA) is 149 Å². The molecule has 2 heterocycles. The first-order valence-corrected chi connectivity index (χ1v) is 8.77. The first-order chi connectivity index (χ1) is 12.0. The van der Waals surface area contributed by atoms with Crippen LogP contribution in [0, 0.1) is 26.4 Å². The minimum Gasteiger partial charge on any atom is -0.397 e. The highest BCUT2D eigenvalue weighted by atomic mass is 127. The number of nitrogen functional groups attached to an aromatic ring is 2. The van der Waals surface area contributed by atoms with Crippen molar-refractivity contribution in [1.82, 2.24) is 10.3 Å². The van der Waals surface area contributed by atoms with Gasteiger partial charge in [0.25, 0.3) is 0 Å². The van der Waals surface area contributed by atoms with Crippen molar-refractivity contribution in [3.05, 3.63) is 42.9 Å². The predicted molar refractivity (Wildman–Crippen MR) is 106 cm³/mol. The molecule has 10 heteroatoms. The molecule has 2 aromatic rings. The van der Waals surface area contributed by atoms with Gasteiger partial charge in [-0.2, -0.15) is 10.5 Å². The van der Waals surface area contributed by atoms with Gasteiger partial charge in [-0.3, -0.25) is 5.32 Å². The van der Waals surface area contributed by atoms with E-state index in [-0.39, 0.29) is 23.0 Å². The second-order valence-corrected chi connectivity index (χ2v) is 7.09. The Hall–Kier alpha value is -2.57. The average molecular weight is 509 g/mol. The fourth-order valence-corrected chi connectivity index (χ4v) is 3.24. The largest absolute Gasteiger partial charge is 0.397 e. The number of nitrogens with zero attached hydrogens (tertiary/aromatic N) is 4. The minimum absolute atomic E-state index is 0.0204. The molecule has 1 aliphatic heterocycles. The highest BCUT2D eigenvalue weighted by molar-refractivity contribution is 14.1. The molecule has 1 aliphatic rings. The van der Waals surface area contributed by atoms with Crippen molar-refractivity contribution in [1.29, 1.82) is 10.5 Å². The van der Waals surface area contributed by atoms with E-state index in [9.17, 15) is 5.26 Å². The molecule has 1 atom stereocenters. The number of guanidine groups is 1. The number of anilines is 3. The van der Waals surface area contributed by atoms with Gasteiger partial charge >= 0.3 is 0 Å². The lowest BCUT2D eigenvalue weighted by Gasteiger charge is -2.26. The third-order valence-corrected chi connectivity index (χ3v) is 5.95. The normalized spacial score (nSPS) is 15.2. The van der Waals surface area contributed by atoms with Gasteiger partial charge in [0.1, 0.15) is 29.3 Å². The third-order valence-electron chi connectivity index (χ3n) is 3.62.